The van der Waals surface area contributed by atoms with Gasteiger partial charge in [0.15, 0.2) is 0 Å². The number of benzene rings is 1. The van der Waals surface area contributed by atoms with Crippen molar-refractivity contribution in [1.29, 1.82) is 0 Å². The van der Waals surface area contributed by atoms with Gasteiger partial charge in [-0.1, -0.05) is 19.7 Å². The molecule has 1 amide bonds. The maximum absolute atomic E-state index is 11.4. The highest BCUT2D eigenvalue weighted by Crippen LogP contribution is 2.22. The molecule has 0 atom stereocenters. The van der Waals surface area contributed by atoms with Gasteiger partial charge in [0.05, 0.1) is 36.8 Å². The first kappa shape index (κ1) is 25.5. The minimum absolute atomic E-state index is 0.362. The van der Waals surface area contributed by atoms with Crippen LogP contribution in [0.4, 0.5) is 10.5 Å². The Morgan fingerprint density at radius 1 is 1.18 bits per heavy atom. The monoisotopic (exact) mass is 308 g/mol. The summed E-state index contributed by atoms with van der Waals surface area (Å²) in [6.07, 6.45) is -0.362. The Morgan fingerprint density at radius 3 is 2.00 bits per heavy atom. The SMILES string of the molecule is CN(C)C(=O)Oc1cccc([N+](C)(C)C)c1.CO.[BH]C.[B]C. The lowest BCUT2D eigenvalue weighted by atomic mass is 10.2. The van der Waals surface area contributed by atoms with Crippen LogP contribution in [0, 0.1) is 0 Å². The number of ether oxygens (including phenoxy) is 1. The van der Waals surface area contributed by atoms with Gasteiger partial charge in [-0.25, -0.2) is 4.79 Å². The molecule has 3 radical (unpaired) electrons. The van der Waals surface area contributed by atoms with E-state index in [4.69, 9.17) is 9.84 Å². The highest BCUT2D eigenvalue weighted by atomic mass is 16.6. The first-order valence-electron chi connectivity index (χ1n) is 6.85. The van der Waals surface area contributed by atoms with E-state index in [-0.39, 0.29) is 6.09 Å². The van der Waals surface area contributed by atoms with Crippen molar-refractivity contribution in [2.24, 2.45) is 0 Å². The number of quaternary nitrogens is 1. The number of amides is 1. The van der Waals surface area contributed by atoms with Crippen molar-refractivity contribution < 1.29 is 14.6 Å². The summed E-state index contributed by atoms with van der Waals surface area (Å²) in [6.45, 7) is 3.25. The Balaban J connectivity index is -0.000000535. The topological polar surface area (TPSA) is 49.8 Å². The summed E-state index contributed by atoms with van der Waals surface area (Å²) in [5, 5.41) is 7.00. The number of aliphatic hydroxyl groups excluding tert-OH is 1. The average molecular weight is 308 g/mol. The van der Waals surface area contributed by atoms with E-state index in [0.29, 0.717) is 10.2 Å². The third-order valence-electron chi connectivity index (χ3n) is 2.16. The molecule has 0 aromatic heterocycles. The molecule has 1 aromatic carbocycles. The standard InChI is InChI=1S/C12H19N2O2.CH4B.CH3B.CH4O/c1-13(2)12(15)16-11-8-6-7-10(9-11)14(3,4)5;3*1-2/h6-9H,1-5H3;2H,1H3;1H3;2H,1H3/q+1;;;. The molecule has 0 aliphatic rings. The zero-order valence-electron chi connectivity index (χ0n) is 15.3. The molecule has 7 heteroatoms. The molecule has 1 aromatic rings. The molecule has 22 heavy (non-hydrogen) atoms. The van der Waals surface area contributed by atoms with Crippen LogP contribution in [0.1, 0.15) is 0 Å². The molecule has 1 N–H and O–H groups in total. The van der Waals surface area contributed by atoms with Gasteiger partial charge in [-0.3, -0.25) is 4.48 Å². The van der Waals surface area contributed by atoms with Crippen molar-refractivity contribution in [2.75, 3.05) is 42.3 Å². The van der Waals surface area contributed by atoms with Gasteiger partial charge in [0.25, 0.3) is 0 Å². The van der Waals surface area contributed by atoms with Crippen LogP contribution in [0.3, 0.4) is 0 Å². The second-order valence-corrected chi connectivity index (χ2v) is 4.77. The van der Waals surface area contributed by atoms with Gasteiger partial charge in [-0.15, -0.1) is 0 Å². The van der Waals surface area contributed by atoms with Crippen LogP contribution in [-0.2, 0) is 0 Å². The fourth-order valence-corrected chi connectivity index (χ4v) is 1.16. The van der Waals surface area contributed by atoms with E-state index < -0.39 is 0 Å². The van der Waals surface area contributed by atoms with E-state index in [1.807, 2.05) is 18.2 Å². The summed E-state index contributed by atoms with van der Waals surface area (Å²) in [4.78, 5) is 12.8. The zero-order chi connectivity index (χ0) is 18.3. The summed E-state index contributed by atoms with van der Waals surface area (Å²) >= 11 is 0. The Morgan fingerprint density at radius 2 is 1.64 bits per heavy atom. The maximum atomic E-state index is 11.4. The first-order chi connectivity index (χ1) is 10.3. The van der Waals surface area contributed by atoms with Crippen LogP contribution in [0.15, 0.2) is 24.3 Å². The molecule has 123 valence electrons. The minimum Gasteiger partial charge on any atom is -0.410 e. The highest BCUT2D eigenvalue weighted by Gasteiger charge is 2.14. The van der Waals surface area contributed by atoms with Crippen molar-refractivity contribution >= 4 is 27.5 Å². The lowest BCUT2D eigenvalue weighted by molar-refractivity contribution is 0.172. The number of aliphatic hydroxyl groups is 1. The van der Waals surface area contributed by atoms with Crippen LogP contribution in [0.2, 0.25) is 13.6 Å². The molecule has 0 aliphatic carbocycles. The second-order valence-electron chi connectivity index (χ2n) is 4.77. The van der Waals surface area contributed by atoms with Crippen LogP contribution in [0.5, 0.6) is 5.75 Å². The maximum Gasteiger partial charge on any atom is 0.414 e. The molecule has 0 saturated heterocycles. The van der Waals surface area contributed by atoms with Gasteiger partial charge in [-0.05, 0) is 12.1 Å². The number of nitrogens with zero attached hydrogens (tertiary/aromatic N) is 2. The van der Waals surface area contributed by atoms with Gasteiger partial charge in [-0.2, -0.15) is 0 Å². The molecule has 0 heterocycles. The minimum atomic E-state index is -0.362. The summed E-state index contributed by atoms with van der Waals surface area (Å²) in [5.41, 5.74) is 1.09. The quantitative estimate of drug-likeness (QED) is 0.668. The van der Waals surface area contributed by atoms with Gasteiger partial charge in [0.1, 0.15) is 11.4 Å². The Kier molecular flexibility index (Phi) is 16.8. The number of hydrogen-bond acceptors (Lipinski definition) is 3. The number of carbonyl (C=O) groups is 1. The number of carbonyl (C=O) groups excluding carboxylic acids is 1. The fourth-order valence-electron chi connectivity index (χ4n) is 1.16. The lowest BCUT2D eigenvalue weighted by Crippen LogP contribution is -2.34. The Hall–Kier alpha value is -1.46. The van der Waals surface area contributed by atoms with Crippen molar-refractivity contribution in [3.8, 4) is 5.75 Å². The number of hydrogen-bond donors (Lipinski definition) is 1. The Labute approximate surface area is 138 Å². The summed E-state index contributed by atoms with van der Waals surface area (Å²) < 4.78 is 5.88. The summed E-state index contributed by atoms with van der Waals surface area (Å²) in [5.74, 6) is 0.573. The van der Waals surface area contributed by atoms with Gasteiger partial charge >= 0.3 is 6.09 Å². The molecule has 5 nitrogen and oxygen atoms in total. The molecule has 0 bridgehead atoms. The van der Waals surface area contributed by atoms with Gasteiger partial charge < -0.3 is 14.7 Å². The molecule has 0 saturated carbocycles. The van der Waals surface area contributed by atoms with E-state index in [0.717, 1.165) is 12.8 Å². The predicted octanol–water partition coefficient (Wildman–Crippen LogP) is 1.69. The van der Waals surface area contributed by atoms with Gasteiger partial charge in [0.2, 0.25) is 0 Å². The fraction of sp³-hybridized carbons (Fsp3) is 0.533. The smallest absolute Gasteiger partial charge is 0.410 e. The van der Waals surface area contributed by atoms with Crippen LogP contribution < -0.4 is 9.22 Å². The molecule has 1 rings (SSSR count). The van der Waals surface area contributed by atoms with Crippen molar-refractivity contribution in [2.45, 2.75) is 13.6 Å². The highest BCUT2D eigenvalue weighted by molar-refractivity contribution is 6.05. The third kappa shape index (κ3) is 11.2. The Bertz CT molecular complexity index is 395. The summed E-state index contributed by atoms with van der Waals surface area (Å²) in [7, 11) is 18.3. The third-order valence-corrected chi connectivity index (χ3v) is 2.16. The number of rotatable bonds is 2. The zero-order valence-corrected chi connectivity index (χ0v) is 15.3. The first-order valence-corrected chi connectivity index (χ1v) is 6.85. The summed E-state index contributed by atoms with van der Waals surface area (Å²) in [6, 6.07) is 7.55. The predicted molar refractivity (Wildman–Crippen MR) is 98.5 cm³/mol. The van der Waals surface area contributed by atoms with Crippen molar-refractivity contribution in [3.05, 3.63) is 24.3 Å². The molecule has 0 unspecified atom stereocenters. The normalized spacial score (nSPS) is 8.77. The van der Waals surface area contributed by atoms with Crippen LogP contribution in [0.25, 0.3) is 0 Å². The van der Waals surface area contributed by atoms with E-state index in [2.05, 4.69) is 36.8 Å². The van der Waals surface area contributed by atoms with E-state index in [9.17, 15) is 4.79 Å². The molecule has 0 aliphatic heterocycles. The largest absolute Gasteiger partial charge is 0.414 e. The van der Waals surface area contributed by atoms with E-state index >= 15 is 0 Å². The molecule has 0 spiro atoms. The molecular formula is C15H30B2N2O3+. The average Bonchev–Trinajstić information content (AvgIpc) is 2.52. The van der Waals surface area contributed by atoms with Gasteiger partial charge in [0, 0.05) is 27.3 Å². The second kappa shape index (κ2) is 14.5. The van der Waals surface area contributed by atoms with Crippen molar-refractivity contribution in [1.82, 2.24) is 9.38 Å². The van der Waals surface area contributed by atoms with Crippen molar-refractivity contribution in [3.63, 3.8) is 0 Å². The molecule has 0 fully saturated rings. The lowest BCUT2D eigenvalue weighted by Gasteiger charge is -2.23. The van der Waals surface area contributed by atoms with E-state index in [1.54, 1.807) is 27.0 Å². The molecular weight excluding hydrogens is 278 g/mol. The van der Waals surface area contributed by atoms with Crippen LogP contribution >= 0.6 is 0 Å². The van der Waals surface area contributed by atoms with Crippen LogP contribution in [-0.4, -0.2) is 74.1 Å². The van der Waals surface area contributed by atoms with E-state index in [1.165, 1.54) is 11.7 Å².